The highest BCUT2D eigenvalue weighted by Crippen LogP contribution is 2.45. The monoisotopic (exact) mass is 265 g/mol. The number of rotatable bonds is 3. The Labute approximate surface area is 99.4 Å². The molecule has 0 spiro atoms. The first-order valence-electron chi connectivity index (χ1n) is 5.13. The van der Waals surface area contributed by atoms with Gasteiger partial charge in [0.05, 0.1) is 6.54 Å². The van der Waals surface area contributed by atoms with E-state index >= 15 is 0 Å². The van der Waals surface area contributed by atoms with Gasteiger partial charge in [0.2, 0.25) is 5.89 Å². The van der Waals surface area contributed by atoms with E-state index in [2.05, 4.69) is 14.7 Å². The van der Waals surface area contributed by atoms with Gasteiger partial charge in [0.1, 0.15) is 0 Å². The lowest BCUT2D eigenvalue weighted by atomic mass is 9.86. The van der Waals surface area contributed by atoms with Crippen LogP contribution in [0.1, 0.15) is 12.3 Å². The summed E-state index contributed by atoms with van der Waals surface area (Å²) in [7, 11) is 0. The molecule has 0 radical (unpaired) electrons. The summed E-state index contributed by atoms with van der Waals surface area (Å²) in [6, 6.07) is 0. The average Bonchev–Trinajstić information content (AvgIpc) is 2.86. The van der Waals surface area contributed by atoms with Crippen LogP contribution in [0.15, 0.2) is 10.9 Å². The van der Waals surface area contributed by atoms with Crippen LogP contribution < -0.4 is 0 Å². The van der Waals surface area contributed by atoms with Crippen LogP contribution in [0.4, 0.5) is 13.2 Å². The number of hydrogen-bond donors (Lipinski definition) is 1. The van der Waals surface area contributed by atoms with Crippen molar-refractivity contribution in [2.45, 2.75) is 19.1 Å². The molecule has 1 unspecified atom stereocenters. The number of carbonyl (C=O) groups is 1. The highest BCUT2D eigenvalue weighted by molar-refractivity contribution is 5.76. The van der Waals surface area contributed by atoms with E-state index in [0.717, 1.165) is 6.33 Å². The van der Waals surface area contributed by atoms with E-state index < -0.39 is 30.5 Å². The number of likely N-dealkylation sites (tertiary alicyclic amines) is 1. The number of alkyl halides is 3. The fraction of sp³-hybridized carbons (Fsp3) is 0.667. The smallest absolute Gasteiger partial charge is 0.406 e. The molecular weight excluding hydrogens is 255 g/mol. The molecule has 1 aliphatic heterocycles. The molecule has 1 saturated heterocycles. The largest absolute Gasteiger partial charge is 0.481 e. The first-order valence-corrected chi connectivity index (χ1v) is 5.13. The van der Waals surface area contributed by atoms with Crippen LogP contribution in [-0.4, -0.2) is 45.4 Å². The third-order valence-electron chi connectivity index (χ3n) is 3.07. The molecule has 0 amide bonds. The van der Waals surface area contributed by atoms with Crippen molar-refractivity contribution in [1.29, 1.82) is 0 Å². The minimum Gasteiger partial charge on any atom is -0.481 e. The van der Waals surface area contributed by atoms with E-state index in [1.807, 2.05) is 0 Å². The molecule has 100 valence electrons. The predicted molar refractivity (Wildman–Crippen MR) is 50.3 cm³/mol. The molecule has 1 fully saturated rings. The number of aromatic nitrogens is 2. The van der Waals surface area contributed by atoms with Gasteiger partial charge >= 0.3 is 12.1 Å². The van der Waals surface area contributed by atoms with E-state index in [-0.39, 0.29) is 19.0 Å². The van der Waals surface area contributed by atoms with Crippen molar-refractivity contribution in [3.05, 3.63) is 12.2 Å². The van der Waals surface area contributed by atoms with Gasteiger partial charge in [-0.15, -0.1) is 0 Å². The molecule has 2 rings (SSSR count). The average molecular weight is 265 g/mol. The van der Waals surface area contributed by atoms with Crippen molar-refractivity contribution in [2.75, 3.05) is 13.1 Å². The molecule has 1 atom stereocenters. The van der Waals surface area contributed by atoms with E-state index in [1.165, 1.54) is 4.90 Å². The molecule has 2 heterocycles. The maximum Gasteiger partial charge on any atom is 0.406 e. The first kappa shape index (κ1) is 12.8. The Balaban J connectivity index is 2.12. The summed E-state index contributed by atoms with van der Waals surface area (Å²) in [6.45, 7) is -0.562. The van der Waals surface area contributed by atoms with Gasteiger partial charge in [-0.1, -0.05) is 5.16 Å². The van der Waals surface area contributed by atoms with E-state index in [0.29, 0.717) is 0 Å². The van der Waals surface area contributed by atoms with Gasteiger partial charge in [0, 0.05) is 13.1 Å². The maximum atomic E-state index is 12.9. The number of hydrogen-bond acceptors (Lipinski definition) is 5. The van der Waals surface area contributed by atoms with Gasteiger partial charge in [-0.25, -0.2) is 0 Å². The minimum atomic E-state index is -4.78. The quantitative estimate of drug-likeness (QED) is 0.875. The zero-order valence-electron chi connectivity index (χ0n) is 9.15. The minimum absolute atomic E-state index is 0.0190. The SMILES string of the molecule is O=C(O)C1(C(F)(F)F)CCN(Cc2ncno2)C1. The first-order chi connectivity index (χ1) is 8.35. The zero-order chi connectivity index (χ0) is 13.4. The molecule has 6 nitrogen and oxygen atoms in total. The molecule has 9 heteroatoms. The standard InChI is InChI=1S/C9H10F3N3O3/c10-9(11,12)8(7(16)17)1-2-15(4-8)3-6-13-5-14-18-6/h5H,1-4H2,(H,16,17). The van der Waals surface area contributed by atoms with Gasteiger partial charge in [-0.3, -0.25) is 9.69 Å². The van der Waals surface area contributed by atoms with Crippen LogP contribution in [-0.2, 0) is 11.3 Å². The summed E-state index contributed by atoms with van der Waals surface area (Å²) in [5.41, 5.74) is -2.70. The van der Waals surface area contributed by atoms with Crippen molar-refractivity contribution >= 4 is 5.97 Å². The van der Waals surface area contributed by atoms with Gasteiger partial charge < -0.3 is 9.63 Å². The molecule has 0 aliphatic carbocycles. The van der Waals surface area contributed by atoms with Crippen LogP contribution in [0.3, 0.4) is 0 Å². The van der Waals surface area contributed by atoms with E-state index in [9.17, 15) is 18.0 Å². The zero-order valence-corrected chi connectivity index (χ0v) is 9.15. The van der Waals surface area contributed by atoms with Crippen LogP contribution in [0.5, 0.6) is 0 Å². The molecule has 1 N–H and O–H groups in total. The predicted octanol–water partition coefficient (Wildman–Crippen LogP) is 0.909. The summed E-state index contributed by atoms with van der Waals surface area (Å²) in [5, 5.41) is 12.2. The fourth-order valence-electron chi connectivity index (χ4n) is 2.01. The molecule has 1 aliphatic rings. The topological polar surface area (TPSA) is 79.5 Å². The number of carboxylic acids is 1. The molecule has 1 aromatic rings. The Morgan fingerprint density at radius 1 is 1.61 bits per heavy atom. The van der Waals surface area contributed by atoms with Gasteiger partial charge in [0.15, 0.2) is 11.7 Å². The van der Waals surface area contributed by atoms with Gasteiger partial charge in [0.25, 0.3) is 0 Å². The van der Waals surface area contributed by atoms with Crippen LogP contribution in [0.2, 0.25) is 0 Å². The molecule has 18 heavy (non-hydrogen) atoms. The van der Waals surface area contributed by atoms with Crippen molar-refractivity contribution in [3.63, 3.8) is 0 Å². The number of halogens is 3. The van der Waals surface area contributed by atoms with E-state index in [4.69, 9.17) is 5.11 Å². The normalized spacial score (nSPS) is 25.5. The van der Waals surface area contributed by atoms with Crippen LogP contribution in [0, 0.1) is 5.41 Å². The highest BCUT2D eigenvalue weighted by Gasteiger charge is 2.63. The molecular formula is C9H10F3N3O3. The highest BCUT2D eigenvalue weighted by atomic mass is 19.4. The summed E-state index contributed by atoms with van der Waals surface area (Å²) in [4.78, 5) is 15.9. The molecule has 0 bridgehead atoms. The van der Waals surface area contributed by atoms with E-state index in [1.54, 1.807) is 0 Å². The number of nitrogens with zero attached hydrogens (tertiary/aromatic N) is 3. The van der Waals surface area contributed by atoms with Gasteiger partial charge in [-0.05, 0) is 6.42 Å². The summed E-state index contributed by atoms with van der Waals surface area (Å²) in [6.07, 6.45) is -4.11. The molecule has 0 saturated carbocycles. The van der Waals surface area contributed by atoms with Gasteiger partial charge in [-0.2, -0.15) is 18.2 Å². The van der Waals surface area contributed by atoms with Crippen LogP contribution in [0.25, 0.3) is 0 Å². The summed E-state index contributed by atoms with van der Waals surface area (Å²) in [5.74, 6) is -1.68. The third-order valence-corrected chi connectivity index (χ3v) is 3.07. The Morgan fingerprint density at radius 3 is 2.78 bits per heavy atom. The second-order valence-electron chi connectivity index (χ2n) is 4.18. The molecule has 0 aromatic carbocycles. The molecule has 1 aromatic heterocycles. The fourth-order valence-corrected chi connectivity index (χ4v) is 2.01. The lowest BCUT2D eigenvalue weighted by Gasteiger charge is -2.27. The summed E-state index contributed by atoms with van der Waals surface area (Å²) < 4.78 is 43.3. The second kappa shape index (κ2) is 4.23. The van der Waals surface area contributed by atoms with Crippen molar-refractivity contribution in [3.8, 4) is 0 Å². The third kappa shape index (κ3) is 2.05. The Hall–Kier alpha value is -1.64. The maximum absolute atomic E-state index is 12.9. The summed E-state index contributed by atoms with van der Waals surface area (Å²) >= 11 is 0. The van der Waals surface area contributed by atoms with Crippen LogP contribution >= 0.6 is 0 Å². The lowest BCUT2D eigenvalue weighted by Crippen LogP contribution is -2.47. The van der Waals surface area contributed by atoms with Crippen molar-refractivity contribution in [2.24, 2.45) is 5.41 Å². The van der Waals surface area contributed by atoms with Crippen molar-refractivity contribution in [1.82, 2.24) is 15.0 Å². The Bertz CT molecular complexity index is 434. The second-order valence-corrected chi connectivity index (χ2v) is 4.18. The van der Waals surface area contributed by atoms with Crippen molar-refractivity contribution < 1.29 is 27.6 Å². The Morgan fingerprint density at radius 2 is 2.33 bits per heavy atom. The number of aliphatic carboxylic acids is 1. The Kier molecular flexibility index (Phi) is 3.01. The lowest BCUT2D eigenvalue weighted by molar-refractivity contribution is -0.227. The number of carboxylic acid groups (broad SMARTS) is 1.